The van der Waals surface area contributed by atoms with Crippen LogP contribution in [0.4, 0.5) is 0 Å². The van der Waals surface area contributed by atoms with Gasteiger partial charge in [-0.1, -0.05) is 13.8 Å². The molecule has 0 radical (unpaired) electrons. The van der Waals surface area contributed by atoms with E-state index < -0.39 is 0 Å². The van der Waals surface area contributed by atoms with Gasteiger partial charge in [0.2, 0.25) is 0 Å². The van der Waals surface area contributed by atoms with Crippen LogP contribution in [0.25, 0.3) is 0 Å². The van der Waals surface area contributed by atoms with Crippen LogP contribution in [0.1, 0.15) is 24.3 Å². The number of nitrogens with one attached hydrogen (secondary N) is 1. The highest BCUT2D eigenvalue weighted by Gasteiger charge is 2.26. The largest absolute Gasteiger partial charge is 0.357 e. The highest BCUT2D eigenvalue weighted by atomic mass is 32.2. The fourth-order valence-corrected chi connectivity index (χ4v) is 3.20. The van der Waals surface area contributed by atoms with Gasteiger partial charge >= 0.3 is 0 Å². The van der Waals surface area contributed by atoms with Crippen molar-refractivity contribution in [3.8, 4) is 0 Å². The topological polar surface area (TPSA) is 36.1 Å². The molecule has 1 aromatic rings. The second-order valence-electron chi connectivity index (χ2n) is 4.49. The molecule has 0 aliphatic carbocycles. The lowest BCUT2D eigenvalue weighted by Crippen LogP contribution is -2.43. The molecule has 1 aromatic heterocycles. The lowest BCUT2D eigenvalue weighted by molar-refractivity contribution is 0.0751. The van der Waals surface area contributed by atoms with Gasteiger partial charge in [-0.2, -0.15) is 11.8 Å². The summed E-state index contributed by atoms with van der Waals surface area (Å²) in [5.74, 6) is 1.81. The van der Waals surface area contributed by atoms with E-state index in [1.807, 2.05) is 28.8 Å². The minimum absolute atomic E-state index is 0.135. The van der Waals surface area contributed by atoms with E-state index in [0.717, 1.165) is 18.8 Å². The van der Waals surface area contributed by atoms with Crippen molar-refractivity contribution < 1.29 is 4.79 Å². The Hall–Kier alpha value is -0.900. The first-order chi connectivity index (χ1) is 7.68. The Kier molecular flexibility index (Phi) is 3.59. The Morgan fingerprint density at radius 1 is 1.62 bits per heavy atom. The van der Waals surface area contributed by atoms with Crippen LogP contribution in [-0.4, -0.2) is 39.9 Å². The molecule has 1 amide bonds. The second-order valence-corrected chi connectivity index (χ2v) is 5.84. The molecule has 1 aliphatic rings. The molecule has 4 heteroatoms. The van der Waals surface area contributed by atoms with Gasteiger partial charge in [-0.3, -0.25) is 4.79 Å². The zero-order valence-electron chi connectivity index (χ0n) is 9.77. The molecular formula is C12H18N2OS. The molecule has 1 atom stereocenters. The second kappa shape index (κ2) is 4.95. The molecular weight excluding hydrogens is 220 g/mol. The minimum Gasteiger partial charge on any atom is -0.357 e. The van der Waals surface area contributed by atoms with Crippen molar-refractivity contribution in [3.63, 3.8) is 0 Å². The molecule has 0 saturated carbocycles. The number of thioether (sulfide) groups is 1. The zero-order valence-corrected chi connectivity index (χ0v) is 10.6. The van der Waals surface area contributed by atoms with Crippen molar-refractivity contribution in [1.29, 1.82) is 0 Å². The van der Waals surface area contributed by atoms with Crippen LogP contribution in [0.2, 0.25) is 0 Å². The van der Waals surface area contributed by atoms with Crippen molar-refractivity contribution in [2.45, 2.75) is 19.1 Å². The summed E-state index contributed by atoms with van der Waals surface area (Å²) in [5.41, 5.74) is 0.703. The summed E-state index contributed by atoms with van der Waals surface area (Å²) in [6, 6.07) is 3.71. The molecule has 2 heterocycles. The van der Waals surface area contributed by atoms with Gasteiger partial charge < -0.3 is 9.88 Å². The smallest absolute Gasteiger partial charge is 0.270 e. The quantitative estimate of drug-likeness (QED) is 0.857. The minimum atomic E-state index is 0.135. The van der Waals surface area contributed by atoms with Crippen LogP contribution >= 0.6 is 11.8 Å². The number of nitrogens with zero attached hydrogens (tertiary/aromatic N) is 1. The number of carbonyl (C=O) groups excluding carboxylic acids is 1. The van der Waals surface area contributed by atoms with Gasteiger partial charge in [0.1, 0.15) is 5.69 Å². The fraction of sp³-hybridized carbons (Fsp3) is 0.583. The van der Waals surface area contributed by atoms with E-state index in [1.165, 1.54) is 0 Å². The number of aromatic nitrogens is 1. The van der Waals surface area contributed by atoms with Crippen LogP contribution < -0.4 is 0 Å². The summed E-state index contributed by atoms with van der Waals surface area (Å²) >= 11 is 1.99. The molecule has 2 rings (SSSR count). The van der Waals surface area contributed by atoms with E-state index in [9.17, 15) is 4.79 Å². The Balaban J connectivity index is 2.02. The van der Waals surface area contributed by atoms with E-state index in [1.54, 1.807) is 6.20 Å². The lowest BCUT2D eigenvalue weighted by Gasteiger charge is -2.34. The summed E-state index contributed by atoms with van der Waals surface area (Å²) < 4.78 is 0. The molecule has 16 heavy (non-hydrogen) atoms. The molecule has 0 aromatic carbocycles. The molecule has 0 bridgehead atoms. The van der Waals surface area contributed by atoms with Crippen LogP contribution in [0.15, 0.2) is 18.3 Å². The fourth-order valence-electron chi connectivity index (χ4n) is 1.90. The normalized spacial score (nSPS) is 21.4. The Labute approximate surface area is 101 Å². The van der Waals surface area contributed by atoms with E-state index in [2.05, 4.69) is 18.8 Å². The summed E-state index contributed by atoms with van der Waals surface area (Å²) in [6.45, 7) is 6.19. The lowest BCUT2D eigenvalue weighted by atomic mass is 10.1. The van der Waals surface area contributed by atoms with Crippen molar-refractivity contribution >= 4 is 17.7 Å². The molecule has 1 N–H and O–H groups in total. The van der Waals surface area contributed by atoms with E-state index in [-0.39, 0.29) is 5.91 Å². The van der Waals surface area contributed by atoms with Gasteiger partial charge in [-0.05, 0) is 18.1 Å². The Morgan fingerprint density at radius 3 is 3.06 bits per heavy atom. The molecule has 1 saturated heterocycles. The number of aromatic amines is 1. The maximum Gasteiger partial charge on any atom is 0.270 e. The highest BCUT2D eigenvalue weighted by molar-refractivity contribution is 8.00. The van der Waals surface area contributed by atoms with Crippen molar-refractivity contribution in [3.05, 3.63) is 24.0 Å². The van der Waals surface area contributed by atoms with Gasteiger partial charge in [-0.25, -0.2) is 0 Å². The summed E-state index contributed by atoms with van der Waals surface area (Å²) in [7, 11) is 0. The average Bonchev–Trinajstić information content (AvgIpc) is 2.81. The zero-order chi connectivity index (χ0) is 11.5. The predicted octanol–water partition coefficient (Wildman–Crippen LogP) is 2.23. The Morgan fingerprint density at radius 2 is 2.44 bits per heavy atom. The SMILES string of the molecule is CC(C)C1CN(C(=O)c2ccc[nH]2)CCS1. The van der Waals surface area contributed by atoms with Gasteiger partial charge in [0.05, 0.1) is 0 Å². The van der Waals surface area contributed by atoms with Crippen molar-refractivity contribution in [2.24, 2.45) is 5.92 Å². The van der Waals surface area contributed by atoms with Gasteiger partial charge in [-0.15, -0.1) is 0 Å². The van der Waals surface area contributed by atoms with Gasteiger partial charge in [0, 0.05) is 30.3 Å². The number of hydrogen-bond donors (Lipinski definition) is 1. The van der Waals surface area contributed by atoms with Crippen LogP contribution in [-0.2, 0) is 0 Å². The van der Waals surface area contributed by atoms with E-state index >= 15 is 0 Å². The number of rotatable bonds is 2. The van der Waals surface area contributed by atoms with Crippen LogP contribution in [0, 0.1) is 5.92 Å². The molecule has 1 fully saturated rings. The third-order valence-electron chi connectivity index (χ3n) is 2.95. The summed E-state index contributed by atoms with van der Waals surface area (Å²) in [5, 5.41) is 0.577. The number of amides is 1. The summed E-state index contributed by atoms with van der Waals surface area (Å²) in [6.07, 6.45) is 1.80. The van der Waals surface area contributed by atoms with Crippen molar-refractivity contribution in [2.75, 3.05) is 18.8 Å². The first kappa shape index (κ1) is 11.6. The first-order valence-corrected chi connectivity index (χ1v) is 6.77. The molecule has 0 spiro atoms. The molecule has 1 unspecified atom stereocenters. The van der Waals surface area contributed by atoms with Crippen molar-refractivity contribution in [1.82, 2.24) is 9.88 Å². The molecule has 1 aliphatic heterocycles. The van der Waals surface area contributed by atoms with E-state index in [4.69, 9.17) is 0 Å². The maximum absolute atomic E-state index is 12.1. The molecule has 3 nitrogen and oxygen atoms in total. The van der Waals surface area contributed by atoms with Crippen LogP contribution in [0.5, 0.6) is 0 Å². The standard InChI is InChI=1S/C12H18N2OS/c1-9(2)11-8-14(6-7-16-11)12(15)10-4-3-5-13-10/h3-5,9,11,13H,6-8H2,1-2H3. The Bertz CT molecular complexity index is 348. The number of carbonyl (C=O) groups is 1. The first-order valence-electron chi connectivity index (χ1n) is 5.72. The van der Waals surface area contributed by atoms with Gasteiger partial charge in [0.25, 0.3) is 5.91 Å². The molecule has 88 valence electrons. The monoisotopic (exact) mass is 238 g/mol. The third-order valence-corrected chi connectivity index (χ3v) is 4.49. The predicted molar refractivity (Wildman–Crippen MR) is 67.8 cm³/mol. The third kappa shape index (κ3) is 2.43. The van der Waals surface area contributed by atoms with Gasteiger partial charge in [0.15, 0.2) is 0 Å². The van der Waals surface area contributed by atoms with E-state index in [0.29, 0.717) is 16.9 Å². The maximum atomic E-state index is 12.1. The summed E-state index contributed by atoms with van der Waals surface area (Å²) in [4.78, 5) is 17.1. The van der Waals surface area contributed by atoms with Crippen LogP contribution in [0.3, 0.4) is 0 Å². The average molecular weight is 238 g/mol. The number of H-pyrrole nitrogens is 1. The highest BCUT2D eigenvalue weighted by Crippen LogP contribution is 2.25. The number of hydrogen-bond acceptors (Lipinski definition) is 2.